The number of carbonyl (C=O) groups excluding carboxylic acids is 1. The van der Waals surface area contributed by atoms with Crippen molar-refractivity contribution >= 4 is 16.8 Å². The van der Waals surface area contributed by atoms with E-state index in [4.69, 9.17) is 0 Å². The molecule has 3 atom stereocenters. The van der Waals surface area contributed by atoms with Gasteiger partial charge in [0.2, 0.25) is 0 Å². The van der Waals surface area contributed by atoms with Gasteiger partial charge in [-0.3, -0.25) is 4.79 Å². The summed E-state index contributed by atoms with van der Waals surface area (Å²) in [5, 5.41) is 12.3. The number of para-hydroxylation sites is 1. The van der Waals surface area contributed by atoms with Gasteiger partial charge in [0, 0.05) is 30.1 Å². The first-order valence-corrected chi connectivity index (χ1v) is 10.7. The van der Waals surface area contributed by atoms with Gasteiger partial charge in [-0.25, -0.2) is 0 Å². The van der Waals surface area contributed by atoms with Crippen molar-refractivity contribution < 1.29 is 9.90 Å². The summed E-state index contributed by atoms with van der Waals surface area (Å²) < 4.78 is 0. The Labute approximate surface area is 160 Å². The molecule has 5 rings (SSSR count). The highest BCUT2D eigenvalue weighted by Gasteiger charge is 2.48. The van der Waals surface area contributed by atoms with Crippen LogP contribution in [0.2, 0.25) is 0 Å². The molecule has 0 unspecified atom stereocenters. The van der Waals surface area contributed by atoms with Crippen molar-refractivity contribution in [3.05, 3.63) is 35.0 Å². The van der Waals surface area contributed by atoms with E-state index in [-0.39, 0.29) is 11.8 Å². The van der Waals surface area contributed by atoms with Gasteiger partial charge >= 0.3 is 0 Å². The van der Waals surface area contributed by atoms with Crippen molar-refractivity contribution in [1.29, 1.82) is 0 Å². The van der Waals surface area contributed by atoms with Crippen LogP contribution in [0.25, 0.3) is 10.9 Å². The predicted molar refractivity (Wildman–Crippen MR) is 107 cm³/mol. The van der Waals surface area contributed by atoms with Crippen LogP contribution in [-0.4, -0.2) is 39.6 Å². The third-order valence-electron chi connectivity index (χ3n) is 7.58. The van der Waals surface area contributed by atoms with Crippen LogP contribution < -0.4 is 0 Å². The average Bonchev–Trinajstić information content (AvgIpc) is 3.30. The highest BCUT2D eigenvalue weighted by Crippen LogP contribution is 2.44. The fraction of sp³-hybridized carbons (Fsp3) is 0.609. The molecule has 0 bridgehead atoms. The second-order valence-electron chi connectivity index (χ2n) is 8.94. The summed E-state index contributed by atoms with van der Waals surface area (Å²) in [6.07, 6.45) is 8.56. The third kappa shape index (κ3) is 2.64. The van der Waals surface area contributed by atoms with Gasteiger partial charge in [-0.2, -0.15) is 0 Å². The zero-order chi connectivity index (χ0) is 18.6. The molecule has 2 aliphatic carbocycles. The summed E-state index contributed by atoms with van der Waals surface area (Å²) in [4.78, 5) is 19.0. The van der Waals surface area contributed by atoms with Gasteiger partial charge in [0.25, 0.3) is 5.91 Å². The molecular weight excluding hydrogens is 336 g/mol. The first-order chi connectivity index (χ1) is 13.1. The lowest BCUT2D eigenvalue weighted by Gasteiger charge is -2.40. The maximum Gasteiger partial charge on any atom is 0.256 e. The van der Waals surface area contributed by atoms with Gasteiger partial charge < -0.3 is 15.0 Å². The molecule has 27 heavy (non-hydrogen) atoms. The van der Waals surface area contributed by atoms with Crippen LogP contribution in [0.15, 0.2) is 18.2 Å². The van der Waals surface area contributed by atoms with Crippen LogP contribution in [0.3, 0.4) is 0 Å². The zero-order valence-electron chi connectivity index (χ0n) is 16.3. The lowest BCUT2D eigenvalue weighted by atomic mass is 9.69. The Morgan fingerprint density at radius 2 is 2.11 bits per heavy atom. The van der Waals surface area contributed by atoms with Crippen molar-refractivity contribution in [2.24, 2.45) is 11.8 Å². The Morgan fingerprint density at radius 1 is 1.26 bits per heavy atom. The Kier molecular flexibility index (Phi) is 4.08. The number of fused-ring (bicyclic) bond motifs is 4. The maximum absolute atomic E-state index is 13.4. The number of nitrogens with one attached hydrogen (secondary N) is 1. The van der Waals surface area contributed by atoms with Gasteiger partial charge in [0.15, 0.2) is 0 Å². The maximum atomic E-state index is 13.4. The Balaban J connectivity index is 1.47. The topological polar surface area (TPSA) is 56.3 Å². The lowest BCUT2D eigenvalue weighted by molar-refractivity contribution is -0.0609. The number of likely N-dealkylation sites (tertiary alicyclic amines) is 1. The number of rotatable bonds is 2. The molecule has 0 radical (unpaired) electrons. The van der Waals surface area contributed by atoms with Gasteiger partial charge in [-0.05, 0) is 62.5 Å². The van der Waals surface area contributed by atoms with Crippen LogP contribution >= 0.6 is 0 Å². The Hall–Kier alpha value is -1.81. The molecular formula is C23H30N2O2. The number of aromatic nitrogens is 1. The molecule has 1 saturated carbocycles. The van der Waals surface area contributed by atoms with Crippen molar-refractivity contribution in [1.82, 2.24) is 9.88 Å². The molecule has 1 aromatic heterocycles. The third-order valence-corrected chi connectivity index (χ3v) is 7.58. The van der Waals surface area contributed by atoms with E-state index < -0.39 is 5.60 Å². The molecule has 1 aliphatic heterocycles. The van der Waals surface area contributed by atoms with Crippen LogP contribution in [0.4, 0.5) is 0 Å². The fourth-order valence-corrected chi connectivity index (χ4v) is 6.01. The number of H-pyrrole nitrogens is 1. The summed E-state index contributed by atoms with van der Waals surface area (Å²) in [6.45, 7) is 3.57. The average molecular weight is 367 g/mol. The number of benzene rings is 1. The van der Waals surface area contributed by atoms with Gasteiger partial charge in [0.1, 0.15) is 0 Å². The minimum atomic E-state index is -0.588. The number of aryl methyl sites for hydroxylation is 2. The fourth-order valence-electron chi connectivity index (χ4n) is 6.01. The molecule has 2 heterocycles. The number of amides is 1. The van der Waals surface area contributed by atoms with Crippen LogP contribution in [-0.2, 0) is 12.8 Å². The number of aliphatic hydroxyl groups is 1. The number of hydrogen-bond donors (Lipinski definition) is 2. The molecule has 1 saturated heterocycles. The number of hydrogen-bond acceptors (Lipinski definition) is 2. The van der Waals surface area contributed by atoms with Crippen LogP contribution in [0.5, 0.6) is 0 Å². The van der Waals surface area contributed by atoms with E-state index in [9.17, 15) is 9.90 Å². The van der Waals surface area contributed by atoms with E-state index in [1.54, 1.807) is 0 Å². The monoisotopic (exact) mass is 366 g/mol. The molecule has 4 nitrogen and oxygen atoms in total. The van der Waals surface area contributed by atoms with Crippen LogP contribution in [0.1, 0.15) is 67.1 Å². The summed E-state index contributed by atoms with van der Waals surface area (Å²) in [7, 11) is 0. The highest BCUT2D eigenvalue weighted by molar-refractivity contribution is 6.07. The predicted octanol–water partition coefficient (Wildman–Crippen LogP) is 4.06. The minimum Gasteiger partial charge on any atom is -0.390 e. The SMILES string of the molecule is CC[C@]1(O)CCC[C@H]2CN(C(=O)c3cccc4c5c([nH]c34)CCCC5)C[C@H]21. The van der Waals surface area contributed by atoms with Crippen LogP contribution in [0, 0.1) is 11.8 Å². The van der Waals surface area contributed by atoms with Crippen molar-refractivity contribution in [3.8, 4) is 0 Å². The molecule has 1 aromatic carbocycles. The van der Waals surface area contributed by atoms with Crippen molar-refractivity contribution in [2.75, 3.05) is 13.1 Å². The molecule has 2 fully saturated rings. The standard InChI is InChI=1S/C23H30N2O2/c1-2-23(27)12-6-7-15-13-25(14-19(15)23)22(26)18-10-5-9-17-16-8-3-4-11-20(16)24-21(17)18/h5,9-10,15,19,24,27H,2-4,6-8,11-14H2,1H3/t15-,19+,23-/m0/s1. The molecule has 144 valence electrons. The van der Waals surface area contributed by atoms with E-state index in [1.165, 1.54) is 29.5 Å². The second-order valence-corrected chi connectivity index (χ2v) is 8.94. The van der Waals surface area contributed by atoms with E-state index in [0.29, 0.717) is 12.5 Å². The minimum absolute atomic E-state index is 0.132. The lowest BCUT2D eigenvalue weighted by Crippen LogP contribution is -2.44. The first kappa shape index (κ1) is 17.3. The smallest absolute Gasteiger partial charge is 0.256 e. The van der Waals surface area contributed by atoms with E-state index in [2.05, 4.69) is 18.0 Å². The van der Waals surface area contributed by atoms with Gasteiger partial charge in [0.05, 0.1) is 16.7 Å². The Bertz CT molecular complexity index is 886. The normalized spacial score (nSPS) is 30.4. The van der Waals surface area contributed by atoms with Gasteiger partial charge in [-0.1, -0.05) is 25.5 Å². The first-order valence-electron chi connectivity index (χ1n) is 10.7. The van der Waals surface area contributed by atoms with Gasteiger partial charge in [-0.15, -0.1) is 0 Å². The summed E-state index contributed by atoms with van der Waals surface area (Å²) in [5.41, 5.74) is 3.99. The van der Waals surface area contributed by atoms with E-state index >= 15 is 0 Å². The van der Waals surface area contributed by atoms with Crippen molar-refractivity contribution in [3.63, 3.8) is 0 Å². The molecule has 4 heteroatoms. The zero-order valence-corrected chi connectivity index (χ0v) is 16.3. The molecule has 2 N–H and O–H groups in total. The summed E-state index contributed by atoms with van der Waals surface area (Å²) >= 11 is 0. The summed E-state index contributed by atoms with van der Waals surface area (Å²) in [5.74, 6) is 0.812. The molecule has 1 amide bonds. The van der Waals surface area contributed by atoms with E-state index in [1.807, 2.05) is 17.0 Å². The second kappa shape index (κ2) is 6.37. The molecule has 0 spiro atoms. The highest BCUT2D eigenvalue weighted by atomic mass is 16.3. The largest absolute Gasteiger partial charge is 0.390 e. The van der Waals surface area contributed by atoms with E-state index in [0.717, 1.165) is 56.1 Å². The summed E-state index contributed by atoms with van der Waals surface area (Å²) in [6, 6.07) is 6.16. The number of carbonyl (C=O) groups is 1. The molecule has 3 aliphatic rings. The quantitative estimate of drug-likeness (QED) is 0.842. The molecule has 2 aromatic rings. The Morgan fingerprint density at radius 3 is 2.96 bits per heavy atom. The number of aromatic amines is 1. The number of nitrogens with zero attached hydrogens (tertiary/aromatic N) is 1. The van der Waals surface area contributed by atoms with Crippen molar-refractivity contribution in [2.45, 2.75) is 63.9 Å².